The molecule has 9 heteroatoms. The second kappa shape index (κ2) is 11.5. The van der Waals surface area contributed by atoms with Crippen molar-refractivity contribution in [2.24, 2.45) is 10.9 Å². The molecule has 1 aliphatic carbocycles. The molecule has 152 valence electrons. The number of rotatable bonds is 7. The van der Waals surface area contributed by atoms with E-state index in [2.05, 4.69) is 30.6 Å². The maximum atomic E-state index is 11.8. The predicted molar refractivity (Wildman–Crippen MR) is 115 cm³/mol. The third-order valence-electron chi connectivity index (χ3n) is 5.17. The first-order valence-corrected chi connectivity index (χ1v) is 9.61. The van der Waals surface area contributed by atoms with E-state index in [1.165, 1.54) is 6.42 Å². The number of hydrogen-bond donors (Lipinski definition) is 2. The van der Waals surface area contributed by atoms with Crippen LogP contribution in [0, 0.1) is 5.92 Å². The number of piperazine rings is 1. The molecule has 2 N–H and O–H groups in total. The monoisotopic (exact) mass is 490 g/mol. The van der Waals surface area contributed by atoms with Gasteiger partial charge in [0.1, 0.15) is 6.26 Å². The van der Waals surface area contributed by atoms with Gasteiger partial charge in [-0.05, 0) is 19.3 Å². The van der Waals surface area contributed by atoms with Crippen LogP contribution in [0.5, 0.6) is 0 Å². The van der Waals surface area contributed by atoms with Gasteiger partial charge < -0.3 is 20.1 Å². The molecule has 2 fully saturated rings. The molecule has 0 unspecified atom stereocenters. The summed E-state index contributed by atoms with van der Waals surface area (Å²) >= 11 is 0. The molecule has 0 spiro atoms. The number of carbonyl (C=O) groups is 1. The van der Waals surface area contributed by atoms with E-state index in [0.29, 0.717) is 0 Å². The number of carbonyl (C=O) groups excluding carboxylic acids is 1. The molecule has 0 atom stereocenters. The number of aliphatic imine (C=N–C) groups is 1. The summed E-state index contributed by atoms with van der Waals surface area (Å²) in [6.07, 6.45) is 5.83. The normalized spacial score (nSPS) is 18.6. The summed E-state index contributed by atoms with van der Waals surface area (Å²) in [6, 6.07) is 1.91. The zero-order valence-corrected chi connectivity index (χ0v) is 18.4. The Morgan fingerprint density at radius 2 is 2.00 bits per heavy atom. The van der Waals surface area contributed by atoms with Crippen LogP contribution in [0.15, 0.2) is 21.8 Å². The minimum absolute atomic E-state index is 0. The highest BCUT2D eigenvalue weighted by Crippen LogP contribution is 2.25. The summed E-state index contributed by atoms with van der Waals surface area (Å²) in [6.45, 7) is 6.21. The van der Waals surface area contributed by atoms with E-state index in [1.54, 1.807) is 6.26 Å². The van der Waals surface area contributed by atoms with Crippen molar-refractivity contribution in [1.82, 2.24) is 25.6 Å². The Balaban J connectivity index is 0.00000261. The van der Waals surface area contributed by atoms with E-state index in [9.17, 15) is 4.79 Å². The third-order valence-corrected chi connectivity index (χ3v) is 5.17. The van der Waals surface area contributed by atoms with Crippen molar-refractivity contribution in [3.8, 4) is 0 Å². The zero-order valence-electron chi connectivity index (χ0n) is 16.0. The van der Waals surface area contributed by atoms with E-state index in [4.69, 9.17) is 4.52 Å². The fourth-order valence-corrected chi connectivity index (χ4v) is 3.31. The van der Waals surface area contributed by atoms with Gasteiger partial charge in [0.05, 0.1) is 5.69 Å². The summed E-state index contributed by atoms with van der Waals surface area (Å²) in [5.41, 5.74) is 0.977. The maximum Gasteiger partial charge on any atom is 0.223 e. The lowest BCUT2D eigenvalue weighted by atomic mass is 9.85. The minimum atomic E-state index is 0. The average molecular weight is 490 g/mol. The van der Waals surface area contributed by atoms with Crippen molar-refractivity contribution in [1.29, 1.82) is 0 Å². The lowest BCUT2D eigenvalue weighted by Gasteiger charge is -2.36. The average Bonchev–Trinajstić information content (AvgIpc) is 3.10. The minimum Gasteiger partial charge on any atom is -0.364 e. The fraction of sp³-hybridized carbons (Fsp3) is 0.722. The van der Waals surface area contributed by atoms with Gasteiger partial charge in [-0.25, -0.2) is 0 Å². The number of halogens is 1. The van der Waals surface area contributed by atoms with Crippen LogP contribution in [-0.2, 0) is 11.3 Å². The Kier molecular flexibility index (Phi) is 9.32. The van der Waals surface area contributed by atoms with Gasteiger partial charge in [-0.1, -0.05) is 11.6 Å². The van der Waals surface area contributed by atoms with Gasteiger partial charge in [-0.3, -0.25) is 14.7 Å². The molecule has 1 aromatic heterocycles. The summed E-state index contributed by atoms with van der Waals surface area (Å²) in [5.74, 6) is 1.43. The van der Waals surface area contributed by atoms with E-state index in [1.807, 2.05) is 13.1 Å². The number of guanidine groups is 1. The van der Waals surface area contributed by atoms with Crippen LogP contribution < -0.4 is 10.6 Å². The van der Waals surface area contributed by atoms with Crippen molar-refractivity contribution in [2.45, 2.75) is 32.2 Å². The molecule has 1 aromatic rings. The maximum absolute atomic E-state index is 11.8. The predicted octanol–water partition coefficient (Wildman–Crippen LogP) is 1.29. The molecule has 2 aliphatic rings. The summed E-state index contributed by atoms with van der Waals surface area (Å²) in [5, 5.41) is 10.4. The molecular formula is C18H31IN6O2. The summed E-state index contributed by atoms with van der Waals surface area (Å²) < 4.78 is 4.89. The molecule has 0 bridgehead atoms. The highest BCUT2D eigenvalue weighted by Gasteiger charge is 2.24. The Bertz CT molecular complexity index is 583. The Labute approximate surface area is 178 Å². The quantitative estimate of drug-likeness (QED) is 0.260. The van der Waals surface area contributed by atoms with Crippen LogP contribution in [0.25, 0.3) is 0 Å². The van der Waals surface area contributed by atoms with Crippen LogP contribution >= 0.6 is 24.0 Å². The molecule has 0 radical (unpaired) electrons. The van der Waals surface area contributed by atoms with Crippen molar-refractivity contribution < 1.29 is 9.32 Å². The molecule has 1 saturated heterocycles. The van der Waals surface area contributed by atoms with Crippen LogP contribution in [0.1, 0.15) is 31.4 Å². The van der Waals surface area contributed by atoms with E-state index < -0.39 is 0 Å². The van der Waals surface area contributed by atoms with Crippen LogP contribution in [0.4, 0.5) is 0 Å². The fourth-order valence-electron chi connectivity index (χ4n) is 3.31. The molecular weight excluding hydrogens is 459 g/mol. The smallest absolute Gasteiger partial charge is 0.223 e. The number of nitrogens with one attached hydrogen (secondary N) is 2. The van der Waals surface area contributed by atoms with Gasteiger partial charge in [0.2, 0.25) is 5.91 Å². The lowest BCUT2D eigenvalue weighted by molar-refractivity contribution is -0.127. The van der Waals surface area contributed by atoms with Gasteiger partial charge >= 0.3 is 0 Å². The largest absolute Gasteiger partial charge is 0.364 e. The van der Waals surface area contributed by atoms with Gasteiger partial charge in [0, 0.05) is 64.8 Å². The topological polar surface area (TPSA) is 86.0 Å². The van der Waals surface area contributed by atoms with Gasteiger partial charge in [0.15, 0.2) is 5.96 Å². The van der Waals surface area contributed by atoms with Gasteiger partial charge in [-0.2, -0.15) is 0 Å². The first kappa shape index (κ1) is 21.9. The second-order valence-electron chi connectivity index (χ2n) is 7.00. The molecule has 0 aromatic carbocycles. The number of aromatic nitrogens is 1. The number of amides is 1. The molecule has 8 nitrogen and oxygen atoms in total. The molecule has 2 heterocycles. The summed E-state index contributed by atoms with van der Waals surface area (Å²) in [7, 11) is 1.82. The number of nitrogens with zero attached hydrogens (tertiary/aromatic N) is 4. The Hall–Kier alpha value is -1.36. The van der Waals surface area contributed by atoms with Crippen molar-refractivity contribution in [3.05, 3.63) is 18.0 Å². The highest BCUT2D eigenvalue weighted by molar-refractivity contribution is 14.0. The highest BCUT2D eigenvalue weighted by atomic mass is 127. The second-order valence-corrected chi connectivity index (χ2v) is 7.00. The van der Waals surface area contributed by atoms with Crippen molar-refractivity contribution in [3.63, 3.8) is 0 Å². The van der Waals surface area contributed by atoms with Crippen molar-refractivity contribution >= 4 is 35.8 Å². The third kappa shape index (κ3) is 6.63. The Morgan fingerprint density at radius 3 is 2.59 bits per heavy atom. The van der Waals surface area contributed by atoms with E-state index >= 15 is 0 Å². The SMILES string of the molecule is CN=C(NCCCNC(=O)C1CCC1)N1CCN(Cc2ccon2)CC1.I. The molecule has 1 amide bonds. The van der Waals surface area contributed by atoms with Gasteiger partial charge in [0.25, 0.3) is 0 Å². The first-order chi connectivity index (χ1) is 12.8. The van der Waals surface area contributed by atoms with E-state index in [-0.39, 0.29) is 35.8 Å². The van der Waals surface area contributed by atoms with Crippen molar-refractivity contribution in [2.75, 3.05) is 46.3 Å². The zero-order chi connectivity index (χ0) is 18.2. The molecule has 1 aliphatic heterocycles. The van der Waals surface area contributed by atoms with Crippen LogP contribution in [-0.4, -0.2) is 73.1 Å². The van der Waals surface area contributed by atoms with Crippen LogP contribution in [0.2, 0.25) is 0 Å². The first-order valence-electron chi connectivity index (χ1n) is 9.61. The molecule has 27 heavy (non-hydrogen) atoms. The molecule has 1 saturated carbocycles. The standard InChI is InChI=1S/C18H30N6O2.HI/c1-19-18(21-8-3-7-20-17(25)15-4-2-5-15)24-11-9-23(10-12-24)14-16-6-13-26-22-16;/h6,13,15H,2-5,7-12,14H2,1H3,(H,19,21)(H,20,25);1H. The van der Waals surface area contributed by atoms with Crippen LogP contribution in [0.3, 0.4) is 0 Å². The molecule has 3 rings (SSSR count). The summed E-state index contributed by atoms with van der Waals surface area (Å²) in [4.78, 5) is 20.8. The number of hydrogen-bond acceptors (Lipinski definition) is 5. The lowest BCUT2D eigenvalue weighted by Crippen LogP contribution is -2.52. The Morgan fingerprint density at radius 1 is 1.26 bits per heavy atom. The van der Waals surface area contributed by atoms with Gasteiger partial charge in [-0.15, -0.1) is 24.0 Å². The van der Waals surface area contributed by atoms with E-state index in [0.717, 1.165) is 76.7 Å².